The van der Waals surface area contributed by atoms with Crippen molar-refractivity contribution < 1.29 is 9.90 Å². The Labute approximate surface area is 117 Å². The zero-order valence-electron chi connectivity index (χ0n) is 12.5. The third-order valence-electron chi connectivity index (χ3n) is 5.21. The summed E-state index contributed by atoms with van der Waals surface area (Å²) < 4.78 is 0. The highest BCUT2D eigenvalue weighted by Crippen LogP contribution is 2.35. The van der Waals surface area contributed by atoms with E-state index in [1.54, 1.807) is 0 Å². The third-order valence-corrected chi connectivity index (χ3v) is 5.21. The molecule has 0 amide bonds. The Morgan fingerprint density at radius 2 is 2.00 bits per heavy atom. The van der Waals surface area contributed by atoms with Gasteiger partial charge in [-0.15, -0.1) is 0 Å². The quantitative estimate of drug-likeness (QED) is 0.847. The van der Waals surface area contributed by atoms with Crippen LogP contribution in [-0.2, 0) is 4.79 Å². The number of hydrogen-bond donors (Lipinski definition) is 1. The normalized spacial score (nSPS) is 37.2. The lowest BCUT2D eigenvalue weighted by Crippen LogP contribution is -2.51. The van der Waals surface area contributed by atoms with Gasteiger partial charge in [-0.25, -0.2) is 0 Å². The van der Waals surface area contributed by atoms with Gasteiger partial charge < -0.3 is 5.11 Å². The van der Waals surface area contributed by atoms with Gasteiger partial charge in [0.15, 0.2) is 0 Å². The standard InChI is InChI=1S/C16H29NO2/c1-12-6-7-13(2)15(11-12)17-10-4-3-5-14(17)8-9-16(18)19/h12-15H,3-11H2,1-2H3,(H,18,19). The van der Waals surface area contributed by atoms with E-state index in [4.69, 9.17) is 5.11 Å². The van der Waals surface area contributed by atoms with Crippen LogP contribution in [0.2, 0.25) is 0 Å². The molecule has 1 N–H and O–H groups in total. The van der Waals surface area contributed by atoms with Gasteiger partial charge in [0.2, 0.25) is 0 Å². The van der Waals surface area contributed by atoms with E-state index in [0.29, 0.717) is 18.5 Å². The molecule has 1 aliphatic heterocycles. The average molecular weight is 267 g/mol. The first-order valence-electron chi connectivity index (χ1n) is 8.05. The molecule has 0 bridgehead atoms. The Morgan fingerprint density at radius 1 is 1.21 bits per heavy atom. The molecular weight excluding hydrogens is 238 g/mol. The second kappa shape index (κ2) is 6.74. The number of hydrogen-bond acceptors (Lipinski definition) is 2. The van der Waals surface area contributed by atoms with Crippen molar-refractivity contribution in [3.63, 3.8) is 0 Å². The summed E-state index contributed by atoms with van der Waals surface area (Å²) in [5.74, 6) is 0.973. The maximum absolute atomic E-state index is 10.8. The average Bonchev–Trinajstić information content (AvgIpc) is 2.39. The van der Waals surface area contributed by atoms with Crippen molar-refractivity contribution in [2.45, 2.75) is 77.3 Å². The highest BCUT2D eigenvalue weighted by atomic mass is 16.4. The van der Waals surface area contributed by atoms with Crippen LogP contribution in [0.25, 0.3) is 0 Å². The van der Waals surface area contributed by atoms with Crippen LogP contribution < -0.4 is 0 Å². The minimum absolute atomic E-state index is 0.331. The van der Waals surface area contributed by atoms with Gasteiger partial charge in [0, 0.05) is 18.5 Å². The summed E-state index contributed by atoms with van der Waals surface area (Å²) in [5, 5.41) is 8.92. The van der Waals surface area contributed by atoms with E-state index in [0.717, 1.165) is 18.3 Å². The first-order chi connectivity index (χ1) is 9.08. The molecule has 110 valence electrons. The van der Waals surface area contributed by atoms with Gasteiger partial charge in [0.05, 0.1) is 0 Å². The number of likely N-dealkylation sites (tertiary alicyclic amines) is 1. The molecule has 2 rings (SSSR count). The molecule has 0 spiro atoms. The van der Waals surface area contributed by atoms with Crippen LogP contribution in [0.3, 0.4) is 0 Å². The zero-order chi connectivity index (χ0) is 13.8. The van der Waals surface area contributed by atoms with Crippen LogP contribution in [0, 0.1) is 11.8 Å². The molecule has 4 unspecified atom stereocenters. The molecule has 1 saturated heterocycles. The summed E-state index contributed by atoms with van der Waals surface area (Å²) in [6.45, 7) is 5.94. The first-order valence-corrected chi connectivity index (χ1v) is 8.05. The van der Waals surface area contributed by atoms with Crippen LogP contribution in [0.15, 0.2) is 0 Å². The van der Waals surface area contributed by atoms with Gasteiger partial charge in [0.1, 0.15) is 0 Å². The van der Waals surface area contributed by atoms with Crippen LogP contribution in [-0.4, -0.2) is 34.6 Å². The minimum atomic E-state index is -0.643. The second-order valence-corrected chi connectivity index (χ2v) is 6.78. The van der Waals surface area contributed by atoms with Crippen molar-refractivity contribution in [3.8, 4) is 0 Å². The summed E-state index contributed by atoms with van der Waals surface area (Å²) in [6, 6.07) is 1.21. The monoisotopic (exact) mass is 267 g/mol. The van der Waals surface area contributed by atoms with Gasteiger partial charge in [-0.1, -0.05) is 26.7 Å². The molecule has 1 heterocycles. The SMILES string of the molecule is CC1CCC(C)C(N2CCCCC2CCC(=O)O)C1. The van der Waals surface area contributed by atoms with E-state index < -0.39 is 5.97 Å². The van der Waals surface area contributed by atoms with Gasteiger partial charge in [-0.2, -0.15) is 0 Å². The van der Waals surface area contributed by atoms with Gasteiger partial charge in [-0.05, 0) is 50.5 Å². The predicted octanol–water partition coefficient (Wildman–Crippen LogP) is 3.53. The molecule has 2 fully saturated rings. The molecular formula is C16H29NO2. The molecule has 1 saturated carbocycles. The molecule has 4 atom stereocenters. The van der Waals surface area contributed by atoms with Crippen molar-refractivity contribution in [1.82, 2.24) is 4.90 Å². The van der Waals surface area contributed by atoms with Crippen molar-refractivity contribution >= 4 is 5.97 Å². The van der Waals surface area contributed by atoms with Crippen LogP contribution in [0.4, 0.5) is 0 Å². The third kappa shape index (κ3) is 3.95. The van der Waals surface area contributed by atoms with Crippen LogP contribution in [0.5, 0.6) is 0 Å². The maximum Gasteiger partial charge on any atom is 0.303 e. The summed E-state index contributed by atoms with van der Waals surface area (Å²) in [5.41, 5.74) is 0. The Morgan fingerprint density at radius 3 is 2.74 bits per heavy atom. The zero-order valence-corrected chi connectivity index (χ0v) is 12.5. The molecule has 0 aromatic rings. The van der Waals surface area contributed by atoms with Crippen LogP contribution in [0.1, 0.15) is 65.2 Å². The van der Waals surface area contributed by atoms with Crippen LogP contribution >= 0.6 is 0 Å². The van der Waals surface area contributed by atoms with Gasteiger partial charge >= 0.3 is 5.97 Å². The second-order valence-electron chi connectivity index (χ2n) is 6.78. The molecule has 0 radical (unpaired) electrons. The van der Waals surface area contributed by atoms with E-state index in [2.05, 4.69) is 18.7 Å². The number of nitrogens with zero attached hydrogens (tertiary/aromatic N) is 1. The van der Waals surface area contributed by atoms with E-state index in [1.165, 1.54) is 45.1 Å². The molecule has 2 aliphatic rings. The number of rotatable bonds is 4. The summed E-state index contributed by atoms with van der Waals surface area (Å²) in [7, 11) is 0. The molecule has 1 aliphatic carbocycles. The van der Waals surface area contributed by atoms with Gasteiger partial charge in [-0.3, -0.25) is 9.69 Å². The number of carbonyl (C=O) groups is 1. The number of aliphatic carboxylic acids is 1. The Balaban J connectivity index is 1.98. The molecule has 0 aromatic heterocycles. The van der Waals surface area contributed by atoms with Crippen molar-refractivity contribution in [2.75, 3.05) is 6.54 Å². The Bertz CT molecular complexity index is 305. The fraction of sp³-hybridized carbons (Fsp3) is 0.938. The van der Waals surface area contributed by atoms with E-state index >= 15 is 0 Å². The van der Waals surface area contributed by atoms with E-state index in [1.807, 2.05) is 0 Å². The molecule has 3 nitrogen and oxygen atoms in total. The van der Waals surface area contributed by atoms with E-state index in [-0.39, 0.29) is 0 Å². The Kier molecular flexibility index (Phi) is 5.26. The topological polar surface area (TPSA) is 40.5 Å². The summed E-state index contributed by atoms with van der Waals surface area (Å²) in [4.78, 5) is 13.5. The number of carboxylic acids is 1. The maximum atomic E-state index is 10.8. The fourth-order valence-electron chi connectivity index (χ4n) is 4.02. The lowest BCUT2D eigenvalue weighted by atomic mass is 9.77. The van der Waals surface area contributed by atoms with Crippen molar-refractivity contribution in [2.24, 2.45) is 11.8 Å². The highest BCUT2D eigenvalue weighted by Gasteiger charge is 2.35. The summed E-state index contributed by atoms with van der Waals surface area (Å²) in [6.07, 6.45) is 8.96. The lowest BCUT2D eigenvalue weighted by Gasteiger charge is -2.47. The fourth-order valence-corrected chi connectivity index (χ4v) is 4.02. The highest BCUT2D eigenvalue weighted by molar-refractivity contribution is 5.66. The van der Waals surface area contributed by atoms with Crippen molar-refractivity contribution in [1.29, 1.82) is 0 Å². The smallest absolute Gasteiger partial charge is 0.303 e. The molecule has 3 heteroatoms. The number of piperidine rings is 1. The molecule has 0 aromatic carbocycles. The largest absolute Gasteiger partial charge is 0.481 e. The predicted molar refractivity (Wildman–Crippen MR) is 77.2 cm³/mol. The Hall–Kier alpha value is -0.570. The van der Waals surface area contributed by atoms with Gasteiger partial charge in [0.25, 0.3) is 0 Å². The minimum Gasteiger partial charge on any atom is -0.481 e. The van der Waals surface area contributed by atoms with E-state index in [9.17, 15) is 4.79 Å². The van der Waals surface area contributed by atoms with Crippen molar-refractivity contribution in [3.05, 3.63) is 0 Å². The lowest BCUT2D eigenvalue weighted by molar-refractivity contribution is -0.137. The summed E-state index contributed by atoms with van der Waals surface area (Å²) >= 11 is 0. The number of carboxylic acid groups (broad SMARTS) is 1. The first kappa shape index (κ1) is 14.8. The molecule has 19 heavy (non-hydrogen) atoms.